The van der Waals surface area contributed by atoms with Crippen LogP contribution in [0.3, 0.4) is 0 Å². The summed E-state index contributed by atoms with van der Waals surface area (Å²) in [5, 5.41) is 11.9. The van der Waals surface area contributed by atoms with Crippen LogP contribution in [0.4, 0.5) is 0 Å². The van der Waals surface area contributed by atoms with Gasteiger partial charge >= 0.3 is 5.97 Å². The van der Waals surface area contributed by atoms with Gasteiger partial charge in [0.1, 0.15) is 0 Å². The maximum atomic E-state index is 10.6. The number of carboxylic acids is 1. The smallest absolute Gasteiger partial charge is 0.304 e. The molecule has 0 radical (unpaired) electrons. The van der Waals surface area contributed by atoms with E-state index in [9.17, 15) is 4.79 Å². The fraction of sp³-hybridized carbons (Fsp3) is 0.278. The van der Waals surface area contributed by atoms with Crippen molar-refractivity contribution in [3.05, 3.63) is 59.2 Å². The van der Waals surface area contributed by atoms with Gasteiger partial charge < -0.3 is 10.4 Å². The van der Waals surface area contributed by atoms with Crippen LogP contribution in [0.5, 0.6) is 0 Å². The summed E-state index contributed by atoms with van der Waals surface area (Å²) in [7, 11) is 0. The normalized spacial score (nSPS) is 13.6. The molecule has 0 aliphatic heterocycles. The molecule has 1 unspecified atom stereocenters. The van der Waals surface area contributed by atoms with Crippen molar-refractivity contribution in [3.63, 3.8) is 0 Å². The van der Waals surface area contributed by atoms with Crippen LogP contribution in [0.15, 0.2) is 42.5 Å². The fourth-order valence-corrected chi connectivity index (χ4v) is 2.95. The van der Waals surface area contributed by atoms with Crippen molar-refractivity contribution in [1.82, 2.24) is 5.32 Å². The number of benzene rings is 2. The van der Waals surface area contributed by atoms with Gasteiger partial charge in [-0.25, -0.2) is 0 Å². The number of nitrogens with one attached hydrogen (secondary N) is 1. The molecule has 1 aliphatic carbocycles. The van der Waals surface area contributed by atoms with E-state index in [1.807, 2.05) is 0 Å². The van der Waals surface area contributed by atoms with E-state index in [0.717, 1.165) is 6.42 Å². The third kappa shape index (κ3) is 2.83. The van der Waals surface area contributed by atoms with E-state index in [0.29, 0.717) is 6.54 Å². The maximum Gasteiger partial charge on any atom is 0.304 e. The molecule has 0 spiro atoms. The Balaban J connectivity index is 1.76. The standard InChI is InChI=1S/C18H19NO2/c1-12(19-9-8-18(20)21)13-6-7-17-15(10-13)11-14-4-2-3-5-16(14)17/h2-7,10,12,19H,8-9,11H2,1H3,(H,20,21). The number of rotatable bonds is 5. The molecule has 1 aliphatic rings. The second-order valence-corrected chi connectivity index (χ2v) is 5.57. The number of carboxylic acid groups (broad SMARTS) is 1. The first-order valence-electron chi connectivity index (χ1n) is 7.31. The molecule has 0 fully saturated rings. The van der Waals surface area contributed by atoms with E-state index in [1.165, 1.54) is 27.8 Å². The molecule has 0 bridgehead atoms. The van der Waals surface area contributed by atoms with Gasteiger partial charge in [0.25, 0.3) is 0 Å². The van der Waals surface area contributed by atoms with E-state index < -0.39 is 5.97 Å². The molecule has 108 valence electrons. The molecule has 3 rings (SSSR count). The molecule has 3 nitrogen and oxygen atoms in total. The lowest BCUT2D eigenvalue weighted by Gasteiger charge is -2.15. The Bertz CT molecular complexity index is 679. The van der Waals surface area contributed by atoms with Gasteiger partial charge in [0.15, 0.2) is 0 Å². The molecule has 3 heteroatoms. The minimum absolute atomic E-state index is 0.153. The van der Waals surface area contributed by atoms with E-state index in [1.54, 1.807) is 0 Å². The molecule has 0 amide bonds. The Morgan fingerprint density at radius 3 is 2.76 bits per heavy atom. The number of carbonyl (C=O) groups is 1. The van der Waals surface area contributed by atoms with Gasteiger partial charge in [0.05, 0.1) is 6.42 Å². The second kappa shape index (κ2) is 5.70. The highest BCUT2D eigenvalue weighted by Gasteiger charge is 2.18. The zero-order chi connectivity index (χ0) is 14.8. The third-order valence-corrected chi connectivity index (χ3v) is 4.11. The van der Waals surface area contributed by atoms with E-state index in [2.05, 4.69) is 54.7 Å². The van der Waals surface area contributed by atoms with Gasteiger partial charge in [-0.3, -0.25) is 4.79 Å². The Morgan fingerprint density at radius 1 is 1.19 bits per heavy atom. The first-order valence-corrected chi connectivity index (χ1v) is 7.31. The zero-order valence-electron chi connectivity index (χ0n) is 12.1. The third-order valence-electron chi connectivity index (χ3n) is 4.11. The van der Waals surface area contributed by atoms with Gasteiger partial charge in [0.2, 0.25) is 0 Å². The van der Waals surface area contributed by atoms with Crippen molar-refractivity contribution < 1.29 is 9.90 Å². The van der Waals surface area contributed by atoms with Crippen LogP contribution < -0.4 is 5.32 Å². The summed E-state index contributed by atoms with van der Waals surface area (Å²) in [5.74, 6) is -0.765. The summed E-state index contributed by atoms with van der Waals surface area (Å²) in [6, 6.07) is 15.3. The van der Waals surface area contributed by atoms with E-state index in [-0.39, 0.29) is 12.5 Å². The minimum Gasteiger partial charge on any atom is -0.481 e. The van der Waals surface area contributed by atoms with Crippen molar-refractivity contribution in [2.45, 2.75) is 25.8 Å². The summed E-state index contributed by atoms with van der Waals surface area (Å²) < 4.78 is 0. The van der Waals surface area contributed by atoms with Crippen LogP contribution in [-0.4, -0.2) is 17.6 Å². The summed E-state index contributed by atoms with van der Waals surface area (Å²) in [6.07, 6.45) is 1.14. The molecule has 0 heterocycles. The van der Waals surface area contributed by atoms with E-state index >= 15 is 0 Å². The van der Waals surface area contributed by atoms with Crippen molar-refractivity contribution in [2.75, 3.05) is 6.54 Å². The largest absolute Gasteiger partial charge is 0.481 e. The van der Waals surface area contributed by atoms with Crippen molar-refractivity contribution in [3.8, 4) is 11.1 Å². The summed E-state index contributed by atoms with van der Waals surface area (Å²) in [4.78, 5) is 10.6. The van der Waals surface area contributed by atoms with E-state index in [4.69, 9.17) is 5.11 Å². The van der Waals surface area contributed by atoms with Crippen molar-refractivity contribution in [2.24, 2.45) is 0 Å². The maximum absolute atomic E-state index is 10.6. The van der Waals surface area contributed by atoms with Crippen molar-refractivity contribution in [1.29, 1.82) is 0 Å². The first kappa shape index (κ1) is 13.8. The minimum atomic E-state index is -0.765. The molecule has 0 aromatic heterocycles. The number of hydrogen-bond acceptors (Lipinski definition) is 2. The molecule has 0 saturated carbocycles. The van der Waals surface area contributed by atoms with Crippen LogP contribution >= 0.6 is 0 Å². The lowest BCUT2D eigenvalue weighted by molar-refractivity contribution is -0.136. The highest BCUT2D eigenvalue weighted by Crippen LogP contribution is 2.37. The molecule has 21 heavy (non-hydrogen) atoms. The predicted molar refractivity (Wildman–Crippen MR) is 83.4 cm³/mol. The fourth-order valence-electron chi connectivity index (χ4n) is 2.95. The number of aliphatic carboxylic acids is 1. The van der Waals surface area contributed by atoms with Crippen LogP contribution in [-0.2, 0) is 11.2 Å². The molecular formula is C18H19NO2. The molecular weight excluding hydrogens is 262 g/mol. The topological polar surface area (TPSA) is 49.3 Å². The van der Waals surface area contributed by atoms with Gasteiger partial charge in [-0.05, 0) is 41.2 Å². The van der Waals surface area contributed by atoms with Gasteiger partial charge in [-0.1, -0.05) is 42.5 Å². The predicted octanol–water partition coefficient (Wildman–Crippen LogP) is 3.38. The Labute approximate surface area is 124 Å². The summed E-state index contributed by atoms with van der Waals surface area (Å²) >= 11 is 0. The van der Waals surface area contributed by atoms with Gasteiger partial charge in [-0.2, -0.15) is 0 Å². The highest BCUT2D eigenvalue weighted by molar-refractivity contribution is 5.77. The SMILES string of the molecule is CC(NCCC(=O)O)c1ccc2c(c1)Cc1ccccc1-2. The quantitative estimate of drug-likeness (QED) is 0.753. The van der Waals surface area contributed by atoms with Crippen LogP contribution in [0, 0.1) is 0 Å². The number of fused-ring (bicyclic) bond motifs is 3. The summed E-state index contributed by atoms with van der Waals surface area (Å²) in [5.41, 5.74) is 6.63. The molecule has 0 saturated heterocycles. The summed E-state index contributed by atoms with van der Waals surface area (Å²) in [6.45, 7) is 2.57. The Hall–Kier alpha value is -2.13. The monoisotopic (exact) mass is 281 g/mol. The zero-order valence-corrected chi connectivity index (χ0v) is 12.1. The molecule has 2 N–H and O–H groups in total. The lowest BCUT2D eigenvalue weighted by atomic mass is 10.0. The first-order chi connectivity index (χ1) is 10.1. The van der Waals surface area contributed by atoms with Crippen LogP contribution in [0.2, 0.25) is 0 Å². The Morgan fingerprint density at radius 2 is 1.95 bits per heavy atom. The van der Waals surface area contributed by atoms with Crippen LogP contribution in [0.25, 0.3) is 11.1 Å². The average molecular weight is 281 g/mol. The van der Waals surface area contributed by atoms with Gasteiger partial charge in [-0.15, -0.1) is 0 Å². The number of hydrogen-bond donors (Lipinski definition) is 2. The Kier molecular flexibility index (Phi) is 3.76. The molecule has 2 aromatic rings. The van der Waals surface area contributed by atoms with Gasteiger partial charge in [0, 0.05) is 12.6 Å². The highest BCUT2D eigenvalue weighted by atomic mass is 16.4. The second-order valence-electron chi connectivity index (χ2n) is 5.57. The lowest BCUT2D eigenvalue weighted by Crippen LogP contribution is -2.21. The van der Waals surface area contributed by atoms with Crippen molar-refractivity contribution >= 4 is 5.97 Å². The average Bonchev–Trinajstić information content (AvgIpc) is 2.84. The molecule has 2 aromatic carbocycles. The van der Waals surface area contributed by atoms with Crippen LogP contribution in [0.1, 0.15) is 36.1 Å². The molecule has 1 atom stereocenters.